The number of amides is 2. The second kappa shape index (κ2) is 9.20. The smallest absolute Gasteiger partial charge is 0.255 e. The maximum absolute atomic E-state index is 12.6. The lowest BCUT2D eigenvalue weighted by Crippen LogP contribution is -2.41. The van der Waals surface area contributed by atoms with Crippen LogP contribution < -0.4 is 10.6 Å². The van der Waals surface area contributed by atoms with Crippen molar-refractivity contribution in [3.05, 3.63) is 59.2 Å². The molecule has 1 heterocycles. The predicted molar refractivity (Wildman–Crippen MR) is 113 cm³/mol. The molecule has 0 aromatic heterocycles. The summed E-state index contributed by atoms with van der Waals surface area (Å²) in [7, 11) is 0. The largest absolute Gasteiger partial charge is 0.379 e. The molecule has 0 bridgehead atoms. The molecule has 0 unspecified atom stereocenters. The Hall–Kier alpha value is -2.70. The Balaban J connectivity index is 1.32. The van der Waals surface area contributed by atoms with Crippen molar-refractivity contribution in [2.75, 3.05) is 43.5 Å². The van der Waals surface area contributed by atoms with Gasteiger partial charge in [-0.3, -0.25) is 14.5 Å². The normalized spacial score (nSPS) is 16.7. The average molecular weight is 393 g/mol. The lowest BCUT2D eigenvalue weighted by atomic mass is 9.90. The van der Waals surface area contributed by atoms with E-state index in [0.717, 1.165) is 31.6 Å². The number of benzene rings is 2. The molecule has 2 aromatic rings. The number of hydrogen-bond acceptors (Lipinski definition) is 4. The third kappa shape index (κ3) is 5.22. The zero-order chi connectivity index (χ0) is 20.1. The van der Waals surface area contributed by atoms with E-state index in [1.807, 2.05) is 12.1 Å². The van der Waals surface area contributed by atoms with Crippen molar-refractivity contribution in [1.29, 1.82) is 0 Å². The van der Waals surface area contributed by atoms with Crippen LogP contribution in [0.1, 0.15) is 34.3 Å². The van der Waals surface area contributed by atoms with Gasteiger partial charge in [0.1, 0.15) is 0 Å². The van der Waals surface area contributed by atoms with Gasteiger partial charge in [0.05, 0.1) is 19.8 Å². The van der Waals surface area contributed by atoms with Gasteiger partial charge in [-0.1, -0.05) is 6.07 Å². The number of ether oxygens (including phenoxy) is 1. The summed E-state index contributed by atoms with van der Waals surface area (Å²) >= 11 is 0. The van der Waals surface area contributed by atoms with Gasteiger partial charge < -0.3 is 15.4 Å². The molecule has 1 fully saturated rings. The number of nitrogens with zero attached hydrogens (tertiary/aromatic N) is 1. The number of hydrogen-bond donors (Lipinski definition) is 2. The molecule has 2 amide bonds. The Morgan fingerprint density at radius 2 is 1.52 bits per heavy atom. The fraction of sp³-hybridized carbons (Fsp3) is 0.391. The first-order valence-electron chi connectivity index (χ1n) is 10.3. The Labute approximate surface area is 171 Å². The van der Waals surface area contributed by atoms with E-state index in [4.69, 9.17) is 4.74 Å². The molecule has 6 nitrogen and oxygen atoms in total. The van der Waals surface area contributed by atoms with E-state index < -0.39 is 0 Å². The molecule has 0 spiro atoms. The topological polar surface area (TPSA) is 70.7 Å². The summed E-state index contributed by atoms with van der Waals surface area (Å²) in [5, 5.41) is 5.84. The number of fused-ring (bicyclic) bond motifs is 1. The molecular weight excluding hydrogens is 366 g/mol. The summed E-state index contributed by atoms with van der Waals surface area (Å²) in [5.74, 6) is -0.153. The standard InChI is InChI=1S/C23H27N3O3/c27-22(16-26-11-13-29-14-12-26)24-20-7-9-21(10-8-20)25-23(28)19-6-5-17-3-1-2-4-18(17)15-19/h5-10,15H,1-4,11-14,16H2,(H,24,27)(H,25,28). The maximum Gasteiger partial charge on any atom is 0.255 e. The van der Waals surface area contributed by atoms with E-state index in [1.165, 1.54) is 24.0 Å². The monoisotopic (exact) mass is 393 g/mol. The fourth-order valence-electron chi connectivity index (χ4n) is 3.88. The molecular formula is C23H27N3O3. The third-order valence-electron chi connectivity index (χ3n) is 5.51. The van der Waals surface area contributed by atoms with Gasteiger partial charge in [-0.15, -0.1) is 0 Å². The van der Waals surface area contributed by atoms with Crippen molar-refractivity contribution in [3.63, 3.8) is 0 Å². The van der Waals surface area contributed by atoms with Crippen molar-refractivity contribution in [1.82, 2.24) is 4.90 Å². The van der Waals surface area contributed by atoms with Crippen LogP contribution in [0.15, 0.2) is 42.5 Å². The van der Waals surface area contributed by atoms with Crippen LogP contribution in [0.2, 0.25) is 0 Å². The Bertz CT molecular complexity index is 873. The van der Waals surface area contributed by atoms with E-state index in [9.17, 15) is 9.59 Å². The molecule has 152 valence electrons. The van der Waals surface area contributed by atoms with Crippen LogP contribution >= 0.6 is 0 Å². The van der Waals surface area contributed by atoms with Gasteiger partial charge in [0.25, 0.3) is 5.91 Å². The highest BCUT2D eigenvalue weighted by Gasteiger charge is 2.15. The molecule has 1 aliphatic heterocycles. The van der Waals surface area contributed by atoms with Gasteiger partial charge in [0.15, 0.2) is 0 Å². The van der Waals surface area contributed by atoms with Crippen LogP contribution in [0.4, 0.5) is 11.4 Å². The number of carbonyl (C=O) groups excluding carboxylic acids is 2. The molecule has 2 aromatic carbocycles. The third-order valence-corrected chi connectivity index (χ3v) is 5.51. The van der Waals surface area contributed by atoms with E-state index >= 15 is 0 Å². The second-order valence-electron chi connectivity index (χ2n) is 7.66. The lowest BCUT2D eigenvalue weighted by molar-refractivity contribution is -0.118. The summed E-state index contributed by atoms with van der Waals surface area (Å²) in [4.78, 5) is 26.8. The van der Waals surface area contributed by atoms with Gasteiger partial charge in [0.2, 0.25) is 5.91 Å². The average Bonchev–Trinajstić information content (AvgIpc) is 2.75. The van der Waals surface area contributed by atoms with Crippen LogP contribution in [0.3, 0.4) is 0 Å². The number of anilines is 2. The molecule has 2 aliphatic rings. The van der Waals surface area contributed by atoms with Gasteiger partial charge in [0, 0.05) is 30.0 Å². The molecule has 1 aliphatic carbocycles. The summed E-state index contributed by atoms with van der Waals surface area (Å²) in [6.07, 6.45) is 4.58. The van der Waals surface area contributed by atoms with Gasteiger partial charge in [-0.2, -0.15) is 0 Å². The summed E-state index contributed by atoms with van der Waals surface area (Å²) in [6.45, 7) is 3.26. The van der Waals surface area contributed by atoms with Crippen molar-refractivity contribution >= 4 is 23.2 Å². The minimum atomic E-state index is -0.109. The lowest BCUT2D eigenvalue weighted by Gasteiger charge is -2.25. The number of aryl methyl sites for hydroxylation is 2. The van der Waals surface area contributed by atoms with Crippen molar-refractivity contribution in [2.24, 2.45) is 0 Å². The summed E-state index contributed by atoms with van der Waals surface area (Å²) < 4.78 is 5.30. The molecule has 0 radical (unpaired) electrons. The maximum atomic E-state index is 12.6. The molecule has 0 saturated carbocycles. The van der Waals surface area contributed by atoms with Gasteiger partial charge >= 0.3 is 0 Å². The van der Waals surface area contributed by atoms with Crippen LogP contribution in [-0.4, -0.2) is 49.6 Å². The van der Waals surface area contributed by atoms with Crippen molar-refractivity contribution in [2.45, 2.75) is 25.7 Å². The summed E-state index contributed by atoms with van der Waals surface area (Å²) in [5.41, 5.74) is 4.77. The molecule has 6 heteroatoms. The molecule has 29 heavy (non-hydrogen) atoms. The molecule has 2 N–H and O–H groups in total. The minimum Gasteiger partial charge on any atom is -0.379 e. The van der Waals surface area contributed by atoms with Gasteiger partial charge in [-0.25, -0.2) is 0 Å². The zero-order valence-electron chi connectivity index (χ0n) is 16.6. The second-order valence-corrected chi connectivity index (χ2v) is 7.66. The van der Waals surface area contributed by atoms with Crippen LogP contribution in [0.25, 0.3) is 0 Å². The predicted octanol–water partition coefficient (Wildman–Crippen LogP) is 3.09. The first-order valence-corrected chi connectivity index (χ1v) is 10.3. The number of morpholine rings is 1. The number of rotatable bonds is 5. The first-order chi connectivity index (χ1) is 14.2. The highest BCUT2D eigenvalue weighted by molar-refractivity contribution is 6.04. The molecule has 0 atom stereocenters. The molecule has 4 rings (SSSR count). The van der Waals surface area contributed by atoms with Crippen LogP contribution in [0.5, 0.6) is 0 Å². The Kier molecular flexibility index (Phi) is 6.22. The zero-order valence-corrected chi connectivity index (χ0v) is 16.6. The van der Waals surface area contributed by atoms with Crippen molar-refractivity contribution in [3.8, 4) is 0 Å². The van der Waals surface area contributed by atoms with Crippen LogP contribution in [-0.2, 0) is 22.4 Å². The van der Waals surface area contributed by atoms with E-state index in [0.29, 0.717) is 31.0 Å². The van der Waals surface area contributed by atoms with Crippen molar-refractivity contribution < 1.29 is 14.3 Å². The van der Waals surface area contributed by atoms with E-state index in [1.54, 1.807) is 24.3 Å². The van der Waals surface area contributed by atoms with Crippen LogP contribution in [0, 0.1) is 0 Å². The minimum absolute atomic E-state index is 0.0438. The quantitative estimate of drug-likeness (QED) is 0.819. The van der Waals surface area contributed by atoms with Gasteiger partial charge in [-0.05, 0) is 73.2 Å². The Morgan fingerprint density at radius 3 is 2.24 bits per heavy atom. The first kappa shape index (κ1) is 19.6. The SMILES string of the molecule is O=C(CN1CCOCC1)Nc1ccc(NC(=O)c2ccc3c(c2)CCCC3)cc1. The molecule has 1 saturated heterocycles. The number of nitrogens with one attached hydrogen (secondary N) is 2. The fourth-order valence-corrected chi connectivity index (χ4v) is 3.88. The highest BCUT2D eigenvalue weighted by atomic mass is 16.5. The highest BCUT2D eigenvalue weighted by Crippen LogP contribution is 2.23. The Morgan fingerprint density at radius 1 is 0.862 bits per heavy atom. The van der Waals surface area contributed by atoms with E-state index in [-0.39, 0.29) is 11.8 Å². The summed E-state index contributed by atoms with van der Waals surface area (Å²) in [6, 6.07) is 13.2. The number of carbonyl (C=O) groups is 2. The van der Waals surface area contributed by atoms with E-state index in [2.05, 4.69) is 21.6 Å².